The molecule has 1 rings (SSSR count). The van der Waals surface area contributed by atoms with Crippen molar-refractivity contribution in [3.63, 3.8) is 0 Å². The number of rotatable bonds is 4. The highest BCUT2D eigenvalue weighted by Crippen LogP contribution is 2.15. The van der Waals surface area contributed by atoms with Crippen molar-refractivity contribution in [3.05, 3.63) is 29.6 Å². The van der Waals surface area contributed by atoms with Gasteiger partial charge in [0.2, 0.25) is 0 Å². The second kappa shape index (κ2) is 5.32. The highest BCUT2D eigenvalue weighted by atomic mass is 19.1. The molecule has 15 heavy (non-hydrogen) atoms. The van der Waals surface area contributed by atoms with Crippen LogP contribution in [0.2, 0.25) is 0 Å². The van der Waals surface area contributed by atoms with Crippen LogP contribution in [-0.2, 0) is 0 Å². The number of halogens is 1. The van der Waals surface area contributed by atoms with E-state index in [1.54, 1.807) is 6.07 Å². The molecule has 0 unspecified atom stereocenters. The predicted molar refractivity (Wildman–Crippen MR) is 55.2 cm³/mol. The van der Waals surface area contributed by atoms with Gasteiger partial charge in [0.05, 0.1) is 5.56 Å². The largest absolute Gasteiger partial charge is 0.492 e. The molecule has 0 spiro atoms. The number of ether oxygens (including phenoxy) is 1. The molecule has 3 nitrogen and oxygen atoms in total. The summed E-state index contributed by atoms with van der Waals surface area (Å²) in [5, 5.41) is 8.60. The average Bonchev–Trinajstić information content (AvgIpc) is 2.20. The van der Waals surface area contributed by atoms with Crippen LogP contribution in [0.25, 0.3) is 0 Å². The van der Waals surface area contributed by atoms with Gasteiger partial charge in [-0.3, -0.25) is 0 Å². The number of hydrogen-bond acceptors (Lipinski definition) is 3. The number of likely N-dealkylation sites (N-methyl/N-ethyl adjacent to an activating group) is 1. The summed E-state index contributed by atoms with van der Waals surface area (Å²) in [5.41, 5.74) is 0.0114. The summed E-state index contributed by atoms with van der Waals surface area (Å²) in [6, 6.07) is 5.94. The molecule has 0 atom stereocenters. The highest BCUT2D eigenvalue weighted by Gasteiger charge is 2.03. The molecule has 4 heteroatoms. The van der Waals surface area contributed by atoms with Gasteiger partial charge in [0.1, 0.15) is 24.2 Å². The highest BCUT2D eigenvalue weighted by molar-refractivity contribution is 5.37. The quantitative estimate of drug-likeness (QED) is 0.754. The first kappa shape index (κ1) is 11.5. The Bertz CT molecular complexity index is 371. The van der Waals surface area contributed by atoms with Gasteiger partial charge in [-0.1, -0.05) is 0 Å². The van der Waals surface area contributed by atoms with Crippen LogP contribution in [0.4, 0.5) is 4.39 Å². The second-order valence-electron chi connectivity index (χ2n) is 3.41. The van der Waals surface area contributed by atoms with Gasteiger partial charge in [-0.05, 0) is 26.2 Å². The minimum absolute atomic E-state index is 0.0114. The van der Waals surface area contributed by atoms with Crippen molar-refractivity contribution in [2.24, 2.45) is 0 Å². The zero-order valence-electron chi connectivity index (χ0n) is 8.83. The Hall–Kier alpha value is -1.60. The minimum Gasteiger partial charge on any atom is -0.492 e. The molecule has 0 saturated heterocycles. The molecule has 1 aromatic carbocycles. The SMILES string of the molecule is CN(C)CCOc1ccc(F)c(C#N)c1. The molecule has 0 aromatic heterocycles. The third-order valence-electron chi connectivity index (χ3n) is 1.87. The van der Waals surface area contributed by atoms with E-state index in [4.69, 9.17) is 10.00 Å². The fourth-order valence-electron chi connectivity index (χ4n) is 1.03. The van der Waals surface area contributed by atoms with Gasteiger partial charge in [-0.15, -0.1) is 0 Å². The van der Waals surface area contributed by atoms with Gasteiger partial charge in [0, 0.05) is 12.6 Å². The molecule has 0 heterocycles. The van der Waals surface area contributed by atoms with Gasteiger partial charge >= 0.3 is 0 Å². The van der Waals surface area contributed by atoms with Crippen LogP contribution in [0.15, 0.2) is 18.2 Å². The number of benzene rings is 1. The van der Waals surface area contributed by atoms with Crippen LogP contribution in [0.3, 0.4) is 0 Å². The van der Waals surface area contributed by atoms with Gasteiger partial charge < -0.3 is 9.64 Å². The first-order chi connectivity index (χ1) is 7.13. The fourth-order valence-corrected chi connectivity index (χ4v) is 1.03. The third-order valence-corrected chi connectivity index (χ3v) is 1.87. The number of nitrogens with zero attached hydrogens (tertiary/aromatic N) is 2. The molecule has 0 bridgehead atoms. The van der Waals surface area contributed by atoms with Crippen LogP contribution in [0.5, 0.6) is 5.75 Å². The molecule has 1 aromatic rings. The Labute approximate surface area is 88.7 Å². The molecular formula is C11H13FN2O. The Morgan fingerprint density at radius 3 is 2.80 bits per heavy atom. The summed E-state index contributed by atoms with van der Waals surface area (Å²) in [5.74, 6) is 0.00672. The Morgan fingerprint density at radius 2 is 2.20 bits per heavy atom. The Balaban J connectivity index is 2.60. The monoisotopic (exact) mass is 208 g/mol. The van der Waals surface area contributed by atoms with E-state index >= 15 is 0 Å². The number of hydrogen-bond donors (Lipinski definition) is 0. The maximum Gasteiger partial charge on any atom is 0.141 e. The van der Waals surface area contributed by atoms with Gasteiger partial charge in [-0.2, -0.15) is 5.26 Å². The molecule has 0 amide bonds. The smallest absolute Gasteiger partial charge is 0.141 e. The zero-order chi connectivity index (χ0) is 11.3. The van der Waals surface area contributed by atoms with E-state index < -0.39 is 5.82 Å². The van der Waals surface area contributed by atoms with Crippen LogP contribution >= 0.6 is 0 Å². The Morgan fingerprint density at radius 1 is 1.47 bits per heavy atom. The first-order valence-electron chi connectivity index (χ1n) is 4.60. The zero-order valence-corrected chi connectivity index (χ0v) is 8.83. The number of nitriles is 1. The van der Waals surface area contributed by atoms with Crippen molar-refractivity contribution in [2.45, 2.75) is 0 Å². The summed E-state index contributed by atoms with van der Waals surface area (Å²) < 4.78 is 18.3. The molecule has 80 valence electrons. The van der Waals surface area contributed by atoms with Crippen molar-refractivity contribution in [1.29, 1.82) is 5.26 Å². The van der Waals surface area contributed by atoms with Gasteiger partial charge in [-0.25, -0.2) is 4.39 Å². The van der Waals surface area contributed by atoms with Crippen molar-refractivity contribution in [1.82, 2.24) is 4.90 Å². The maximum atomic E-state index is 12.9. The van der Waals surface area contributed by atoms with E-state index in [1.807, 2.05) is 19.0 Å². The van der Waals surface area contributed by atoms with Crippen LogP contribution in [-0.4, -0.2) is 32.1 Å². The lowest BCUT2D eigenvalue weighted by Crippen LogP contribution is -2.19. The summed E-state index contributed by atoms with van der Waals surface area (Å²) >= 11 is 0. The molecule has 0 saturated carbocycles. The molecule has 0 aliphatic carbocycles. The van der Waals surface area contributed by atoms with Gasteiger partial charge in [0.15, 0.2) is 0 Å². The molecule has 0 fully saturated rings. The van der Waals surface area contributed by atoms with E-state index in [0.29, 0.717) is 12.4 Å². The van der Waals surface area contributed by atoms with Gasteiger partial charge in [0.25, 0.3) is 0 Å². The van der Waals surface area contributed by atoms with E-state index in [2.05, 4.69) is 0 Å². The average molecular weight is 208 g/mol. The Kier molecular flexibility index (Phi) is 4.07. The molecule has 0 radical (unpaired) electrons. The maximum absolute atomic E-state index is 12.9. The lowest BCUT2D eigenvalue weighted by Gasteiger charge is -2.10. The van der Waals surface area contributed by atoms with Crippen LogP contribution in [0, 0.1) is 17.1 Å². The molecule has 0 aliphatic rings. The molecule has 0 aliphatic heterocycles. The summed E-state index contributed by atoms with van der Waals surface area (Å²) in [6.45, 7) is 1.29. The van der Waals surface area contributed by atoms with Crippen molar-refractivity contribution in [3.8, 4) is 11.8 Å². The minimum atomic E-state index is -0.516. The third kappa shape index (κ3) is 3.56. The normalized spacial score (nSPS) is 10.1. The summed E-state index contributed by atoms with van der Waals surface area (Å²) in [6.07, 6.45) is 0. The van der Waals surface area contributed by atoms with E-state index in [-0.39, 0.29) is 5.56 Å². The summed E-state index contributed by atoms with van der Waals surface area (Å²) in [7, 11) is 3.88. The van der Waals surface area contributed by atoms with Crippen molar-refractivity contribution in [2.75, 3.05) is 27.2 Å². The van der Waals surface area contributed by atoms with E-state index in [9.17, 15) is 4.39 Å². The lowest BCUT2D eigenvalue weighted by atomic mass is 10.2. The molecule has 0 N–H and O–H groups in total. The predicted octanol–water partition coefficient (Wildman–Crippen LogP) is 1.64. The van der Waals surface area contributed by atoms with Crippen molar-refractivity contribution < 1.29 is 9.13 Å². The van der Waals surface area contributed by atoms with E-state index in [1.165, 1.54) is 18.2 Å². The first-order valence-corrected chi connectivity index (χ1v) is 4.60. The lowest BCUT2D eigenvalue weighted by molar-refractivity contribution is 0.261. The standard InChI is InChI=1S/C11H13FN2O/c1-14(2)5-6-15-10-3-4-11(12)9(7-10)8-13/h3-4,7H,5-6H2,1-2H3. The van der Waals surface area contributed by atoms with Crippen LogP contribution < -0.4 is 4.74 Å². The van der Waals surface area contributed by atoms with Crippen molar-refractivity contribution >= 4 is 0 Å². The topological polar surface area (TPSA) is 36.3 Å². The summed E-state index contributed by atoms with van der Waals surface area (Å²) in [4.78, 5) is 1.98. The fraction of sp³-hybridized carbons (Fsp3) is 0.364. The molecular weight excluding hydrogens is 195 g/mol. The van der Waals surface area contributed by atoms with E-state index in [0.717, 1.165) is 6.54 Å². The van der Waals surface area contributed by atoms with Crippen LogP contribution in [0.1, 0.15) is 5.56 Å². The second-order valence-corrected chi connectivity index (χ2v) is 3.41.